The van der Waals surface area contributed by atoms with E-state index in [4.69, 9.17) is 9.47 Å². The van der Waals surface area contributed by atoms with Crippen LogP contribution in [0.1, 0.15) is 0 Å². The quantitative estimate of drug-likeness (QED) is 0.546. The van der Waals surface area contributed by atoms with Gasteiger partial charge in [0.2, 0.25) is 0 Å². The molecule has 0 spiro atoms. The first-order chi connectivity index (χ1) is 10.6. The number of fused-ring (bicyclic) bond motifs is 1. The van der Waals surface area contributed by atoms with Crippen LogP contribution in [0.15, 0.2) is 42.7 Å². The molecule has 7 heteroatoms. The second-order valence-corrected chi connectivity index (χ2v) is 4.58. The molecule has 22 heavy (non-hydrogen) atoms. The van der Waals surface area contributed by atoms with Crippen molar-refractivity contribution in [1.29, 1.82) is 0 Å². The summed E-state index contributed by atoms with van der Waals surface area (Å²) in [7, 11) is 2.97. The number of nitro groups is 1. The molecule has 0 aliphatic carbocycles. The summed E-state index contributed by atoms with van der Waals surface area (Å²) in [6.45, 7) is 0. The largest absolute Gasteiger partial charge is 0.493 e. The third-order valence-electron chi connectivity index (χ3n) is 3.34. The predicted octanol–water partition coefficient (Wildman–Crippen LogP) is 2.93. The van der Waals surface area contributed by atoms with Gasteiger partial charge in [0, 0.05) is 24.0 Å². The van der Waals surface area contributed by atoms with E-state index in [9.17, 15) is 10.1 Å². The van der Waals surface area contributed by atoms with Gasteiger partial charge in [-0.3, -0.25) is 10.1 Å². The molecular formula is C15H13N3O4. The summed E-state index contributed by atoms with van der Waals surface area (Å²) in [6.07, 6.45) is 3.63. The zero-order valence-electron chi connectivity index (χ0n) is 12.0. The van der Waals surface area contributed by atoms with Gasteiger partial charge in [-0.05, 0) is 24.3 Å². The first-order valence-electron chi connectivity index (χ1n) is 6.48. The Labute approximate surface area is 125 Å². The molecule has 0 radical (unpaired) electrons. The Morgan fingerprint density at radius 2 is 1.95 bits per heavy atom. The van der Waals surface area contributed by atoms with Crippen molar-refractivity contribution in [1.82, 2.24) is 9.38 Å². The number of nitro benzene ring substituents is 1. The molecule has 0 saturated heterocycles. The Morgan fingerprint density at radius 1 is 1.18 bits per heavy atom. The highest BCUT2D eigenvalue weighted by atomic mass is 16.6. The number of nitrogens with zero attached hydrogens (tertiary/aromatic N) is 3. The summed E-state index contributed by atoms with van der Waals surface area (Å²) in [5, 5.41) is 11.1. The molecule has 7 nitrogen and oxygen atoms in total. The maximum atomic E-state index is 11.1. The van der Waals surface area contributed by atoms with E-state index >= 15 is 0 Å². The standard InChI is InChI=1S/C15H13N3O4/c1-21-13-6-5-10(8-12(13)18(19)20)11-9-17-7-3-4-14(22-2)15(17)16-11/h3-9H,1-2H3. The number of rotatable bonds is 4. The minimum absolute atomic E-state index is 0.0935. The molecule has 2 aromatic heterocycles. The lowest BCUT2D eigenvalue weighted by atomic mass is 10.1. The van der Waals surface area contributed by atoms with Crippen LogP contribution < -0.4 is 9.47 Å². The summed E-state index contributed by atoms with van der Waals surface area (Å²) >= 11 is 0. The Kier molecular flexibility index (Phi) is 3.38. The van der Waals surface area contributed by atoms with E-state index < -0.39 is 4.92 Å². The minimum atomic E-state index is -0.473. The Balaban J connectivity index is 2.15. The molecule has 0 N–H and O–H groups in total. The Bertz CT molecular complexity index is 857. The molecule has 0 aliphatic rings. The molecule has 112 valence electrons. The summed E-state index contributed by atoms with van der Waals surface area (Å²) < 4.78 is 12.1. The van der Waals surface area contributed by atoms with Gasteiger partial charge in [-0.15, -0.1) is 0 Å². The normalized spacial score (nSPS) is 10.6. The average molecular weight is 299 g/mol. The van der Waals surface area contributed by atoms with E-state index in [-0.39, 0.29) is 11.4 Å². The molecule has 0 atom stereocenters. The van der Waals surface area contributed by atoms with Crippen molar-refractivity contribution in [2.75, 3.05) is 14.2 Å². The molecule has 0 bridgehead atoms. The van der Waals surface area contributed by atoms with Crippen LogP contribution >= 0.6 is 0 Å². The highest BCUT2D eigenvalue weighted by molar-refractivity contribution is 5.69. The van der Waals surface area contributed by atoms with Gasteiger partial charge in [0.15, 0.2) is 17.1 Å². The molecule has 0 fully saturated rings. The van der Waals surface area contributed by atoms with Gasteiger partial charge < -0.3 is 13.9 Å². The number of imidazole rings is 1. The number of benzene rings is 1. The molecule has 3 rings (SSSR count). The minimum Gasteiger partial charge on any atom is -0.493 e. The summed E-state index contributed by atoms with van der Waals surface area (Å²) in [5.74, 6) is 0.854. The number of pyridine rings is 1. The summed E-state index contributed by atoms with van der Waals surface area (Å²) in [5.41, 5.74) is 1.82. The van der Waals surface area contributed by atoms with Gasteiger partial charge in [0.25, 0.3) is 0 Å². The lowest BCUT2D eigenvalue weighted by Crippen LogP contribution is -1.94. The molecule has 0 amide bonds. The SMILES string of the molecule is COc1ccc(-c2cn3cccc(OC)c3n2)cc1[N+](=O)[O-]. The first-order valence-corrected chi connectivity index (χ1v) is 6.48. The average Bonchev–Trinajstić information content (AvgIpc) is 2.98. The van der Waals surface area contributed by atoms with Gasteiger partial charge in [-0.25, -0.2) is 4.98 Å². The van der Waals surface area contributed by atoms with Crippen LogP contribution in [0.3, 0.4) is 0 Å². The highest BCUT2D eigenvalue weighted by Crippen LogP contribution is 2.32. The van der Waals surface area contributed by atoms with E-state index in [2.05, 4.69) is 4.98 Å². The van der Waals surface area contributed by atoms with Crippen LogP contribution in [0.2, 0.25) is 0 Å². The summed E-state index contributed by atoms with van der Waals surface area (Å²) in [6, 6.07) is 8.40. The van der Waals surface area contributed by atoms with Gasteiger partial charge in [0.1, 0.15) is 0 Å². The van der Waals surface area contributed by atoms with E-state index in [1.807, 2.05) is 22.7 Å². The van der Waals surface area contributed by atoms with E-state index in [0.717, 1.165) is 0 Å². The van der Waals surface area contributed by atoms with Gasteiger partial charge in [-0.2, -0.15) is 0 Å². The Morgan fingerprint density at radius 3 is 2.64 bits per heavy atom. The van der Waals surface area contributed by atoms with Crippen LogP contribution in [0, 0.1) is 10.1 Å². The fourth-order valence-electron chi connectivity index (χ4n) is 2.28. The van der Waals surface area contributed by atoms with Crippen LogP contribution in [0.5, 0.6) is 11.5 Å². The first kappa shape index (κ1) is 13.9. The number of ether oxygens (including phenoxy) is 2. The maximum Gasteiger partial charge on any atom is 0.311 e. The number of methoxy groups -OCH3 is 2. The van der Waals surface area contributed by atoms with Crippen molar-refractivity contribution >= 4 is 11.3 Å². The molecule has 0 aliphatic heterocycles. The summed E-state index contributed by atoms with van der Waals surface area (Å²) in [4.78, 5) is 15.1. The third-order valence-corrected chi connectivity index (χ3v) is 3.34. The van der Waals surface area contributed by atoms with Gasteiger partial charge in [0.05, 0.1) is 24.8 Å². The maximum absolute atomic E-state index is 11.1. The molecule has 3 aromatic rings. The van der Waals surface area contributed by atoms with E-state index in [0.29, 0.717) is 22.7 Å². The number of hydrogen-bond donors (Lipinski definition) is 0. The predicted molar refractivity (Wildman–Crippen MR) is 80.4 cm³/mol. The van der Waals surface area contributed by atoms with E-state index in [1.54, 1.807) is 25.4 Å². The van der Waals surface area contributed by atoms with Crippen molar-refractivity contribution in [2.45, 2.75) is 0 Å². The molecule has 0 saturated carbocycles. The van der Waals surface area contributed by atoms with Crippen molar-refractivity contribution in [3.05, 3.63) is 52.8 Å². The van der Waals surface area contributed by atoms with Crippen molar-refractivity contribution in [2.24, 2.45) is 0 Å². The molecule has 0 unspecified atom stereocenters. The monoisotopic (exact) mass is 299 g/mol. The van der Waals surface area contributed by atoms with Crippen LogP contribution in [-0.4, -0.2) is 28.5 Å². The Hall–Kier alpha value is -3.09. The fourth-order valence-corrected chi connectivity index (χ4v) is 2.28. The van der Waals surface area contributed by atoms with Crippen molar-refractivity contribution in [3.8, 4) is 22.8 Å². The van der Waals surface area contributed by atoms with Crippen LogP contribution in [0.25, 0.3) is 16.9 Å². The highest BCUT2D eigenvalue weighted by Gasteiger charge is 2.17. The van der Waals surface area contributed by atoms with Crippen LogP contribution in [-0.2, 0) is 0 Å². The second kappa shape index (κ2) is 5.36. The zero-order valence-corrected chi connectivity index (χ0v) is 12.0. The van der Waals surface area contributed by atoms with Crippen molar-refractivity contribution < 1.29 is 14.4 Å². The van der Waals surface area contributed by atoms with Crippen molar-refractivity contribution in [3.63, 3.8) is 0 Å². The lowest BCUT2D eigenvalue weighted by molar-refractivity contribution is -0.385. The fraction of sp³-hybridized carbons (Fsp3) is 0.133. The number of hydrogen-bond acceptors (Lipinski definition) is 5. The molecule has 2 heterocycles. The van der Waals surface area contributed by atoms with Crippen LogP contribution in [0.4, 0.5) is 5.69 Å². The zero-order chi connectivity index (χ0) is 15.7. The van der Waals surface area contributed by atoms with Gasteiger partial charge >= 0.3 is 5.69 Å². The smallest absolute Gasteiger partial charge is 0.311 e. The second-order valence-electron chi connectivity index (χ2n) is 4.58. The third kappa shape index (κ3) is 2.22. The lowest BCUT2D eigenvalue weighted by Gasteiger charge is -2.02. The van der Waals surface area contributed by atoms with Gasteiger partial charge in [-0.1, -0.05) is 0 Å². The van der Waals surface area contributed by atoms with E-state index in [1.165, 1.54) is 13.2 Å². The molecular weight excluding hydrogens is 286 g/mol. The molecule has 1 aromatic carbocycles. The number of aromatic nitrogens is 2. The topological polar surface area (TPSA) is 78.9 Å².